The summed E-state index contributed by atoms with van der Waals surface area (Å²) in [7, 11) is 0. The van der Waals surface area contributed by atoms with E-state index in [9.17, 15) is 5.26 Å². The summed E-state index contributed by atoms with van der Waals surface area (Å²) in [4.78, 5) is 0. The number of thiophene rings is 1. The van der Waals surface area contributed by atoms with Crippen molar-refractivity contribution in [3.63, 3.8) is 0 Å². The quantitative estimate of drug-likeness (QED) is 0.215. The number of nitrogens with zero attached hydrogens (tertiary/aromatic N) is 3. The minimum absolute atomic E-state index is 0.677. The summed E-state index contributed by atoms with van der Waals surface area (Å²) < 4.78 is 7.31. The van der Waals surface area contributed by atoms with Crippen LogP contribution in [0.15, 0.2) is 127 Å². The zero-order valence-corrected chi connectivity index (χ0v) is 22.7. The number of rotatable bonds is 2. The van der Waals surface area contributed by atoms with Crippen molar-refractivity contribution >= 4 is 75.1 Å². The Labute approximate surface area is 239 Å². The molecule has 9 rings (SSSR count). The van der Waals surface area contributed by atoms with E-state index in [1.807, 2.05) is 23.5 Å². The molecule has 4 heteroatoms. The lowest BCUT2D eigenvalue weighted by atomic mass is 10.1. The molecule has 3 nitrogen and oxygen atoms in total. The Morgan fingerprint density at radius 1 is 0.488 bits per heavy atom. The van der Waals surface area contributed by atoms with Crippen LogP contribution in [0.1, 0.15) is 5.56 Å². The van der Waals surface area contributed by atoms with E-state index < -0.39 is 0 Å². The first kappa shape index (κ1) is 22.4. The van der Waals surface area contributed by atoms with Crippen molar-refractivity contribution in [1.29, 1.82) is 5.26 Å². The summed E-state index contributed by atoms with van der Waals surface area (Å²) in [6.45, 7) is 0. The molecule has 0 aliphatic heterocycles. The summed E-state index contributed by atoms with van der Waals surface area (Å²) in [5.74, 6) is 0. The van der Waals surface area contributed by atoms with Gasteiger partial charge >= 0.3 is 0 Å². The van der Waals surface area contributed by atoms with Crippen LogP contribution >= 0.6 is 11.3 Å². The van der Waals surface area contributed by atoms with E-state index in [-0.39, 0.29) is 0 Å². The van der Waals surface area contributed by atoms with Gasteiger partial charge in [-0.3, -0.25) is 0 Å². The summed E-state index contributed by atoms with van der Waals surface area (Å²) in [5, 5.41) is 16.9. The fraction of sp³-hybridized carbons (Fsp3) is 0. The molecular formula is C37H21N3S. The second-order valence-electron chi connectivity index (χ2n) is 10.5. The third kappa shape index (κ3) is 3.01. The molecular weight excluding hydrogens is 518 g/mol. The number of hydrogen-bond acceptors (Lipinski definition) is 2. The van der Waals surface area contributed by atoms with Gasteiger partial charge in [-0.25, -0.2) is 0 Å². The smallest absolute Gasteiger partial charge is 0.0991 e. The molecule has 0 radical (unpaired) electrons. The summed E-state index contributed by atoms with van der Waals surface area (Å²) in [6.07, 6.45) is 0. The Morgan fingerprint density at radius 2 is 1.02 bits per heavy atom. The van der Waals surface area contributed by atoms with Gasteiger partial charge in [0.25, 0.3) is 0 Å². The molecule has 9 aromatic rings. The topological polar surface area (TPSA) is 33.6 Å². The Morgan fingerprint density at radius 3 is 1.71 bits per heavy atom. The van der Waals surface area contributed by atoms with Gasteiger partial charge in [0.1, 0.15) is 0 Å². The van der Waals surface area contributed by atoms with Gasteiger partial charge in [0.05, 0.1) is 49.8 Å². The molecule has 0 amide bonds. The molecule has 0 aliphatic carbocycles. The van der Waals surface area contributed by atoms with Crippen molar-refractivity contribution in [2.45, 2.75) is 0 Å². The molecule has 0 atom stereocenters. The van der Waals surface area contributed by atoms with Gasteiger partial charge in [0.15, 0.2) is 0 Å². The highest BCUT2D eigenvalue weighted by Crippen LogP contribution is 2.44. The number of nitriles is 1. The molecule has 0 bridgehead atoms. The molecule has 0 spiro atoms. The maximum atomic E-state index is 9.59. The predicted molar refractivity (Wildman–Crippen MR) is 173 cm³/mol. The Hall–Kier alpha value is -5.37. The first-order chi connectivity index (χ1) is 20.3. The number of para-hydroxylation sites is 3. The lowest BCUT2D eigenvalue weighted by Gasteiger charge is -2.11. The SMILES string of the molecule is N#Cc1ccc2c(c1)c1ccccc1n2-c1cccc2c1sc1cccc(-n3c4ccccc4c4ccccc43)c12. The second kappa shape index (κ2) is 8.32. The van der Waals surface area contributed by atoms with Crippen LogP contribution < -0.4 is 0 Å². The monoisotopic (exact) mass is 539 g/mol. The highest BCUT2D eigenvalue weighted by Gasteiger charge is 2.20. The molecule has 3 aromatic heterocycles. The van der Waals surface area contributed by atoms with E-state index in [2.05, 4.69) is 130 Å². The van der Waals surface area contributed by atoms with Crippen molar-refractivity contribution in [3.8, 4) is 17.4 Å². The van der Waals surface area contributed by atoms with Gasteiger partial charge < -0.3 is 9.13 Å². The van der Waals surface area contributed by atoms with Crippen LogP contribution in [0.2, 0.25) is 0 Å². The third-order valence-corrected chi connectivity index (χ3v) is 9.54. The van der Waals surface area contributed by atoms with E-state index in [1.165, 1.54) is 47.7 Å². The number of fused-ring (bicyclic) bond motifs is 9. The lowest BCUT2D eigenvalue weighted by molar-refractivity contribution is 1.20. The number of hydrogen-bond donors (Lipinski definition) is 0. The minimum Gasteiger partial charge on any atom is -0.309 e. The first-order valence-electron chi connectivity index (χ1n) is 13.7. The van der Waals surface area contributed by atoms with Crippen LogP contribution in [-0.2, 0) is 0 Å². The fourth-order valence-corrected chi connectivity index (χ4v) is 7.89. The zero-order valence-electron chi connectivity index (χ0n) is 21.9. The first-order valence-corrected chi connectivity index (χ1v) is 14.5. The van der Waals surface area contributed by atoms with Gasteiger partial charge in [0, 0.05) is 37.0 Å². The molecule has 0 fully saturated rings. The van der Waals surface area contributed by atoms with Crippen molar-refractivity contribution in [1.82, 2.24) is 9.13 Å². The van der Waals surface area contributed by atoms with Gasteiger partial charge in [-0.05, 0) is 54.6 Å². The van der Waals surface area contributed by atoms with Crippen LogP contribution in [-0.4, -0.2) is 9.13 Å². The molecule has 0 saturated carbocycles. The zero-order chi connectivity index (χ0) is 27.1. The van der Waals surface area contributed by atoms with Crippen LogP contribution in [0.3, 0.4) is 0 Å². The molecule has 0 unspecified atom stereocenters. The largest absolute Gasteiger partial charge is 0.309 e. The van der Waals surface area contributed by atoms with Crippen LogP contribution in [0, 0.1) is 11.3 Å². The van der Waals surface area contributed by atoms with Crippen molar-refractivity contribution in [2.24, 2.45) is 0 Å². The van der Waals surface area contributed by atoms with E-state index in [4.69, 9.17) is 0 Å². The minimum atomic E-state index is 0.677. The molecule has 41 heavy (non-hydrogen) atoms. The number of benzene rings is 6. The second-order valence-corrected chi connectivity index (χ2v) is 11.5. The Bertz CT molecular complexity index is 2500. The van der Waals surface area contributed by atoms with Crippen molar-refractivity contribution in [2.75, 3.05) is 0 Å². The summed E-state index contributed by atoms with van der Waals surface area (Å²) in [5.41, 5.74) is 7.72. The lowest BCUT2D eigenvalue weighted by Crippen LogP contribution is -1.95. The van der Waals surface area contributed by atoms with E-state index >= 15 is 0 Å². The van der Waals surface area contributed by atoms with Crippen LogP contribution in [0.5, 0.6) is 0 Å². The molecule has 190 valence electrons. The van der Waals surface area contributed by atoms with Crippen molar-refractivity contribution in [3.05, 3.63) is 133 Å². The molecule has 3 heterocycles. The van der Waals surface area contributed by atoms with E-state index in [1.54, 1.807) is 0 Å². The van der Waals surface area contributed by atoms with Gasteiger partial charge in [-0.1, -0.05) is 72.8 Å². The molecule has 0 saturated heterocycles. The Kier molecular flexibility index (Phi) is 4.55. The normalized spacial score (nSPS) is 11.9. The maximum Gasteiger partial charge on any atom is 0.0991 e. The average molecular weight is 540 g/mol. The van der Waals surface area contributed by atoms with Crippen LogP contribution in [0.25, 0.3) is 75.2 Å². The molecule has 0 aliphatic rings. The van der Waals surface area contributed by atoms with Crippen LogP contribution in [0.4, 0.5) is 0 Å². The average Bonchev–Trinajstić information content (AvgIpc) is 3.68. The highest BCUT2D eigenvalue weighted by molar-refractivity contribution is 7.26. The third-order valence-electron chi connectivity index (χ3n) is 8.34. The standard InChI is InChI=1S/C37H21N3S/c38-22-23-19-20-32-28(21-23)26-11-3-6-15-31(26)40(32)34-17-7-12-27-36-33(16-8-18-35(36)41-37(27)34)39-29-13-4-1-9-24(29)25-10-2-5-14-30(25)39/h1-21H. The van der Waals surface area contributed by atoms with Crippen molar-refractivity contribution < 1.29 is 0 Å². The summed E-state index contributed by atoms with van der Waals surface area (Å²) in [6, 6.07) is 47.6. The van der Waals surface area contributed by atoms with Gasteiger partial charge in [-0.2, -0.15) is 5.26 Å². The molecule has 0 N–H and O–H groups in total. The fourth-order valence-electron chi connectivity index (χ4n) is 6.66. The van der Waals surface area contributed by atoms with Gasteiger partial charge in [0.2, 0.25) is 0 Å². The maximum absolute atomic E-state index is 9.59. The molecule has 6 aromatic carbocycles. The van der Waals surface area contributed by atoms with E-state index in [0.29, 0.717) is 5.56 Å². The van der Waals surface area contributed by atoms with E-state index in [0.717, 1.165) is 27.5 Å². The summed E-state index contributed by atoms with van der Waals surface area (Å²) >= 11 is 1.85. The highest BCUT2D eigenvalue weighted by atomic mass is 32.1. The number of aromatic nitrogens is 2. The predicted octanol–water partition coefficient (Wildman–Crippen LogP) is 10.1. The Balaban J connectivity index is 1.41. The van der Waals surface area contributed by atoms with Gasteiger partial charge in [-0.15, -0.1) is 11.3 Å².